The van der Waals surface area contributed by atoms with Gasteiger partial charge in [0, 0.05) is 19.3 Å². The number of allylic oxidation sites excluding steroid dienone is 2. The van der Waals surface area contributed by atoms with Crippen molar-refractivity contribution in [3.8, 4) is 0 Å². The number of carbonyl (C=O) groups excluding carboxylic acids is 3. The minimum absolute atomic E-state index is 0.0693. The first-order valence-electron chi connectivity index (χ1n) is 31.7. The number of esters is 3. The molecule has 6 nitrogen and oxygen atoms in total. The molecule has 414 valence electrons. The Morgan fingerprint density at radius 1 is 0.271 bits per heavy atom. The summed E-state index contributed by atoms with van der Waals surface area (Å²) in [6, 6.07) is 0. The third-order valence-corrected chi connectivity index (χ3v) is 14.5. The van der Waals surface area contributed by atoms with Crippen molar-refractivity contribution in [2.75, 3.05) is 13.2 Å². The minimum atomic E-state index is -0.766. The van der Waals surface area contributed by atoms with Gasteiger partial charge in [0.15, 0.2) is 6.10 Å². The van der Waals surface area contributed by atoms with Crippen LogP contribution in [0.2, 0.25) is 0 Å². The Morgan fingerprint density at radius 3 is 0.729 bits per heavy atom. The molecule has 0 saturated heterocycles. The van der Waals surface area contributed by atoms with E-state index in [1.807, 2.05) is 0 Å². The van der Waals surface area contributed by atoms with E-state index in [9.17, 15) is 14.4 Å². The first-order chi connectivity index (χ1) is 34.5. The molecule has 0 saturated carbocycles. The number of unbranched alkanes of at least 4 members (excludes halogenated alkanes) is 46. The highest BCUT2D eigenvalue weighted by Crippen LogP contribution is 2.18. The quantitative estimate of drug-likeness (QED) is 0.0261. The maximum Gasteiger partial charge on any atom is 0.306 e. The van der Waals surface area contributed by atoms with Gasteiger partial charge in [-0.2, -0.15) is 0 Å². The molecular formula is C64H122O6. The Bertz CT molecular complexity index is 1090. The Morgan fingerprint density at radius 2 is 0.471 bits per heavy atom. The van der Waals surface area contributed by atoms with Gasteiger partial charge in [-0.05, 0) is 44.9 Å². The first-order valence-corrected chi connectivity index (χ1v) is 31.7. The topological polar surface area (TPSA) is 78.9 Å². The van der Waals surface area contributed by atoms with Gasteiger partial charge in [0.25, 0.3) is 0 Å². The zero-order chi connectivity index (χ0) is 50.7. The standard InChI is InChI=1S/C64H122O6/c1-4-7-10-13-15-17-19-21-22-23-24-25-26-27-28-29-30-31-32-33-34-35-36-37-38-39-40-41-43-44-46-48-51-54-57-63(66)69-60-61(59-68-62(65)56-53-50-12-9-6-3)70-64(67)58-55-52-49-47-45-42-20-18-16-14-11-8-5-2/h18,20,61H,4-17,19,21-60H2,1-3H3/b20-18-. The van der Waals surface area contributed by atoms with Gasteiger partial charge < -0.3 is 14.2 Å². The van der Waals surface area contributed by atoms with Crippen molar-refractivity contribution in [3.05, 3.63) is 12.2 Å². The highest BCUT2D eigenvalue weighted by atomic mass is 16.6. The van der Waals surface area contributed by atoms with Crippen LogP contribution in [0.1, 0.15) is 361 Å². The largest absolute Gasteiger partial charge is 0.462 e. The third kappa shape index (κ3) is 57.1. The molecule has 0 radical (unpaired) electrons. The van der Waals surface area contributed by atoms with Crippen LogP contribution >= 0.6 is 0 Å². The second kappa shape index (κ2) is 59.7. The molecule has 1 unspecified atom stereocenters. The van der Waals surface area contributed by atoms with E-state index >= 15 is 0 Å². The van der Waals surface area contributed by atoms with Crippen molar-refractivity contribution in [1.29, 1.82) is 0 Å². The molecule has 0 aromatic heterocycles. The highest BCUT2D eigenvalue weighted by molar-refractivity contribution is 5.71. The van der Waals surface area contributed by atoms with E-state index in [-0.39, 0.29) is 31.1 Å². The molecule has 0 amide bonds. The van der Waals surface area contributed by atoms with E-state index in [1.165, 1.54) is 250 Å². The van der Waals surface area contributed by atoms with E-state index in [1.54, 1.807) is 0 Å². The van der Waals surface area contributed by atoms with Gasteiger partial charge in [0.1, 0.15) is 13.2 Å². The van der Waals surface area contributed by atoms with Crippen molar-refractivity contribution < 1.29 is 28.6 Å². The van der Waals surface area contributed by atoms with Gasteiger partial charge in [-0.1, -0.05) is 309 Å². The van der Waals surface area contributed by atoms with Gasteiger partial charge in [0.05, 0.1) is 0 Å². The predicted molar refractivity (Wildman–Crippen MR) is 303 cm³/mol. The molecule has 0 aliphatic carbocycles. The van der Waals surface area contributed by atoms with Crippen molar-refractivity contribution in [2.45, 2.75) is 367 Å². The van der Waals surface area contributed by atoms with Crippen molar-refractivity contribution in [1.82, 2.24) is 0 Å². The van der Waals surface area contributed by atoms with Crippen LogP contribution < -0.4 is 0 Å². The lowest BCUT2D eigenvalue weighted by molar-refractivity contribution is -0.167. The van der Waals surface area contributed by atoms with Crippen molar-refractivity contribution in [2.24, 2.45) is 0 Å². The normalized spacial score (nSPS) is 12.0. The smallest absolute Gasteiger partial charge is 0.306 e. The molecular weight excluding hydrogens is 865 g/mol. The molecule has 0 aliphatic heterocycles. The van der Waals surface area contributed by atoms with Crippen LogP contribution in [0, 0.1) is 0 Å². The summed E-state index contributed by atoms with van der Waals surface area (Å²) in [4.78, 5) is 37.7. The van der Waals surface area contributed by atoms with Gasteiger partial charge in [-0.15, -0.1) is 0 Å². The Balaban J connectivity index is 3.80. The summed E-state index contributed by atoms with van der Waals surface area (Å²) in [5, 5.41) is 0. The molecule has 0 bridgehead atoms. The predicted octanol–water partition coefficient (Wildman–Crippen LogP) is 21.3. The van der Waals surface area contributed by atoms with Crippen LogP contribution in [0.4, 0.5) is 0 Å². The molecule has 0 aromatic carbocycles. The number of carbonyl (C=O) groups is 3. The Kier molecular flexibility index (Phi) is 58.1. The van der Waals surface area contributed by atoms with E-state index in [4.69, 9.17) is 14.2 Å². The van der Waals surface area contributed by atoms with Gasteiger partial charge in [-0.3, -0.25) is 14.4 Å². The number of hydrogen-bond donors (Lipinski definition) is 0. The van der Waals surface area contributed by atoms with E-state index in [0.717, 1.165) is 70.6 Å². The highest BCUT2D eigenvalue weighted by Gasteiger charge is 2.19. The third-order valence-electron chi connectivity index (χ3n) is 14.5. The molecule has 0 aromatic rings. The second-order valence-corrected chi connectivity index (χ2v) is 21.7. The molecule has 0 N–H and O–H groups in total. The van der Waals surface area contributed by atoms with Crippen LogP contribution in [0.25, 0.3) is 0 Å². The van der Waals surface area contributed by atoms with Crippen molar-refractivity contribution >= 4 is 17.9 Å². The van der Waals surface area contributed by atoms with E-state index in [2.05, 4.69) is 32.9 Å². The van der Waals surface area contributed by atoms with Gasteiger partial charge in [0.2, 0.25) is 0 Å². The number of hydrogen-bond acceptors (Lipinski definition) is 6. The summed E-state index contributed by atoms with van der Waals surface area (Å²) < 4.78 is 16.7. The van der Waals surface area contributed by atoms with Crippen LogP contribution in [0.15, 0.2) is 12.2 Å². The average molecular weight is 988 g/mol. The van der Waals surface area contributed by atoms with Crippen LogP contribution in [0.5, 0.6) is 0 Å². The number of ether oxygens (including phenoxy) is 3. The summed E-state index contributed by atoms with van der Waals surface area (Å²) in [6.07, 6.45) is 70.2. The lowest BCUT2D eigenvalue weighted by Gasteiger charge is -2.18. The number of rotatable bonds is 59. The zero-order valence-corrected chi connectivity index (χ0v) is 47.6. The maximum atomic E-state index is 12.7. The van der Waals surface area contributed by atoms with Crippen LogP contribution in [-0.2, 0) is 28.6 Å². The maximum absolute atomic E-state index is 12.7. The Labute approximate surface area is 437 Å². The van der Waals surface area contributed by atoms with E-state index in [0.29, 0.717) is 19.3 Å². The van der Waals surface area contributed by atoms with Crippen LogP contribution in [-0.4, -0.2) is 37.2 Å². The fourth-order valence-electron chi connectivity index (χ4n) is 9.74. The summed E-state index contributed by atoms with van der Waals surface area (Å²) in [5.41, 5.74) is 0. The first kappa shape index (κ1) is 68.2. The van der Waals surface area contributed by atoms with Gasteiger partial charge in [-0.25, -0.2) is 0 Å². The molecule has 0 aliphatic rings. The molecule has 1 atom stereocenters. The molecule has 0 spiro atoms. The summed E-state index contributed by atoms with van der Waals surface area (Å²) in [6.45, 7) is 6.58. The molecule has 70 heavy (non-hydrogen) atoms. The van der Waals surface area contributed by atoms with Crippen LogP contribution in [0.3, 0.4) is 0 Å². The minimum Gasteiger partial charge on any atom is -0.462 e. The monoisotopic (exact) mass is 987 g/mol. The van der Waals surface area contributed by atoms with Gasteiger partial charge >= 0.3 is 17.9 Å². The Hall–Kier alpha value is -1.85. The molecule has 0 fully saturated rings. The lowest BCUT2D eigenvalue weighted by Crippen LogP contribution is -2.30. The summed E-state index contributed by atoms with van der Waals surface area (Å²) in [5.74, 6) is -0.874. The second-order valence-electron chi connectivity index (χ2n) is 21.7. The molecule has 6 heteroatoms. The lowest BCUT2D eigenvalue weighted by atomic mass is 10.0. The average Bonchev–Trinajstić information content (AvgIpc) is 3.36. The fourth-order valence-corrected chi connectivity index (χ4v) is 9.74. The van der Waals surface area contributed by atoms with Crippen molar-refractivity contribution in [3.63, 3.8) is 0 Å². The molecule has 0 rings (SSSR count). The fraction of sp³-hybridized carbons (Fsp3) is 0.922. The summed E-state index contributed by atoms with van der Waals surface area (Å²) >= 11 is 0. The van der Waals surface area contributed by atoms with E-state index < -0.39 is 6.10 Å². The SMILES string of the molecule is CCCCCC/C=C\CCCCCCCC(=O)OC(COC(=O)CCCCCCC)COC(=O)CCCCCCCCCCCCCCCCCCCCCCCCCCCCCCCCCCCC. The summed E-state index contributed by atoms with van der Waals surface area (Å²) in [7, 11) is 0. The molecule has 0 heterocycles. The zero-order valence-electron chi connectivity index (χ0n) is 47.6.